The van der Waals surface area contributed by atoms with E-state index in [2.05, 4.69) is 49.2 Å². The number of likely N-dealkylation sites (N-methyl/N-ethyl adjacent to an activating group) is 1. The average molecular weight is 232 g/mol. The summed E-state index contributed by atoms with van der Waals surface area (Å²) in [6.45, 7) is 3.04. The summed E-state index contributed by atoms with van der Waals surface area (Å²) < 4.78 is 0. The van der Waals surface area contributed by atoms with Crippen molar-refractivity contribution < 1.29 is 0 Å². The maximum absolute atomic E-state index is 6.00. The maximum Gasteiger partial charge on any atom is 0.0306 e. The highest BCUT2D eigenvalue weighted by atomic mass is 15.2. The van der Waals surface area contributed by atoms with Crippen molar-refractivity contribution in [2.75, 3.05) is 13.6 Å². The SMILES string of the molecule is CN(C1CC1)C(C)(CN)CCc1ccccc1. The predicted molar refractivity (Wildman–Crippen MR) is 73.0 cm³/mol. The summed E-state index contributed by atoms with van der Waals surface area (Å²) in [7, 11) is 2.23. The normalized spacial score (nSPS) is 19.3. The molecule has 1 aromatic rings. The molecule has 17 heavy (non-hydrogen) atoms. The van der Waals surface area contributed by atoms with Crippen LogP contribution in [0.15, 0.2) is 30.3 Å². The first-order valence-corrected chi connectivity index (χ1v) is 6.63. The van der Waals surface area contributed by atoms with E-state index in [4.69, 9.17) is 5.73 Å². The Labute approximate surface area is 105 Å². The van der Waals surface area contributed by atoms with Crippen molar-refractivity contribution in [1.82, 2.24) is 4.90 Å². The van der Waals surface area contributed by atoms with Crippen LogP contribution in [-0.2, 0) is 6.42 Å². The van der Waals surface area contributed by atoms with Gasteiger partial charge in [0.05, 0.1) is 0 Å². The summed E-state index contributed by atoms with van der Waals surface area (Å²) in [4.78, 5) is 2.50. The summed E-state index contributed by atoms with van der Waals surface area (Å²) in [5.74, 6) is 0. The number of rotatable bonds is 6. The first-order chi connectivity index (χ1) is 8.15. The van der Waals surface area contributed by atoms with Crippen LogP contribution < -0.4 is 5.73 Å². The van der Waals surface area contributed by atoms with E-state index in [9.17, 15) is 0 Å². The van der Waals surface area contributed by atoms with Gasteiger partial charge in [0.1, 0.15) is 0 Å². The highest BCUT2D eigenvalue weighted by Crippen LogP contribution is 2.33. The summed E-state index contributed by atoms with van der Waals surface area (Å²) >= 11 is 0. The van der Waals surface area contributed by atoms with Crippen LogP contribution in [0, 0.1) is 0 Å². The molecule has 1 aliphatic carbocycles. The number of aryl methyl sites for hydroxylation is 1. The fourth-order valence-corrected chi connectivity index (χ4v) is 2.38. The van der Waals surface area contributed by atoms with Gasteiger partial charge in [-0.1, -0.05) is 30.3 Å². The van der Waals surface area contributed by atoms with Gasteiger partial charge in [-0.05, 0) is 45.2 Å². The van der Waals surface area contributed by atoms with Crippen LogP contribution in [-0.4, -0.2) is 30.1 Å². The van der Waals surface area contributed by atoms with Gasteiger partial charge in [-0.15, -0.1) is 0 Å². The Bertz CT molecular complexity index is 345. The summed E-state index contributed by atoms with van der Waals surface area (Å²) in [5, 5.41) is 0. The Kier molecular flexibility index (Phi) is 3.85. The van der Waals surface area contributed by atoms with Crippen LogP contribution in [0.2, 0.25) is 0 Å². The Balaban J connectivity index is 1.94. The molecule has 94 valence electrons. The van der Waals surface area contributed by atoms with Crippen molar-refractivity contribution in [2.24, 2.45) is 5.73 Å². The molecule has 0 saturated heterocycles. The van der Waals surface area contributed by atoms with Gasteiger partial charge >= 0.3 is 0 Å². The van der Waals surface area contributed by atoms with Gasteiger partial charge in [0.2, 0.25) is 0 Å². The Morgan fingerprint density at radius 2 is 1.94 bits per heavy atom. The number of benzene rings is 1. The van der Waals surface area contributed by atoms with Gasteiger partial charge in [0.25, 0.3) is 0 Å². The fourth-order valence-electron chi connectivity index (χ4n) is 2.38. The molecule has 1 saturated carbocycles. The first-order valence-electron chi connectivity index (χ1n) is 6.63. The van der Waals surface area contributed by atoms with E-state index in [-0.39, 0.29) is 5.54 Å². The van der Waals surface area contributed by atoms with Gasteiger partial charge in [-0.3, -0.25) is 4.90 Å². The van der Waals surface area contributed by atoms with Crippen molar-refractivity contribution >= 4 is 0 Å². The highest BCUT2D eigenvalue weighted by Gasteiger charge is 2.37. The zero-order valence-corrected chi connectivity index (χ0v) is 11.0. The van der Waals surface area contributed by atoms with Crippen LogP contribution in [0.3, 0.4) is 0 Å². The lowest BCUT2D eigenvalue weighted by Gasteiger charge is -2.38. The van der Waals surface area contributed by atoms with E-state index in [0.29, 0.717) is 0 Å². The molecule has 2 N–H and O–H groups in total. The molecule has 0 radical (unpaired) electrons. The van der Waals surface area contributed by atoms with Crippen LogP contribution >= 0.6 is 0 Å². The topological polar surface area (TPSA) is 29.3 Å². The molecule has 2 rings (SSSR count). The predicted octanol–water partition coefficient (Wildman–Crippen LogP) is 2.43. The lowest BCUT2D eigenvalue weighted by molar-refractivity contribution is 0.125. The largest absolute Gasteiger partial charge is 0.329 e. The van der Waals surface area contributed by atoms with E-state index < -0.39 is 0 Å². The second-order valence-corrected chi connectivity index (χ2v) is 5.53. The Morgan fingerprint density at radius 3 is 2.47 bits per heavy atom. The molecule has 1 unspecified atom stereocenters. The minimum Gasteiger partial charge on any atom is -0.329 e. The molecule has 0 heterocycles. The fraction of sp³-hybridized carbons (Fsp3) is 0.600. The Hall–Kier alpha value is -0.860. The molecule has 1 aromatic carbocycles. The lowest BCUT2D eigenvalue weighted by atomic mass is 9.91. The molecular formula is C15H24N2. The van der Waals surface area contributed by atoms with Crippen molar-refractivity contribution in [3.8, 4) is 0 Å². The van der Waals surface area contributed by atoms with E-state index in [1.54, 1.807) is 0 Å². The smallest absolute Gasteiger partial charge is 0.0306 e. The third kappa shape index (κ3) is 3.08. The second kappa shape index (κ2) is 5.19. The van der Waals surface area contributed by atoms with Crippen LogP contribution in [0.1, 0.15) is 31.7 Å². The van der Waals surface area contributed by atoms with E-state index in [1.165, 1.54) is 18.4 Å². The zero-order valence-electron chi connectivity index (χ0n) is 11.0. The Morgan fingerprint density at radius 1 is 1.29 bits per heavy atom. The molecule has 0 aliphatic heterocycles. The summed E-state index contributed by atoms with van der Waals surface area (Å²) in [6, 6.07) is 11.5. The second-order valence-electron chi connectivity index (χ2n) is 5.53. The highest BCUT2D eigenvalue weighted by molar-refractivity contribution is 5.15. The van der Waals surface area contributed by atoms with Crippen LogP contribution in [0.4, 0.5) is 0 Å². The molecule has 1 atom stereocenters. The standard InChI is InChI=1S/C15H24N2/c1-15(12-16,17(2)14-8-9-14)11-10-13-6-4-3-5-7-13/h3-7,14H,8-12,16H2,1-2H3. The molecule has 0 bridgehead atoms. The van der Waals surface area contributed by atoms with Crippen LogP contribution in [0.25, 0.3) is 0 Å². The van der Waals surface area contributed by atoms with E-state index in [1.807, 2.05) is 0 Å². The zero-order chi connectivity index (χ0) is 12.3. The quantitative estimate of drug-likeness (QED) is 0.816. The molecule has 2 heteroatoms. The molecule has 0 spiro atoms. The minimum atomic E-state index is 0.150. The third-order valence-electron chi connectivity index (χ3n) is 4.18. The first kappa shape index (κ1) is 12.6. The summed E-state index contributed by atoms with van der Waals surface area (Å²) in [6.07, 6.45) is 4.95. The number of nitrogens with zero attached hydrogens (tertiary/aromatic N) is 1. The van der Waals surface area contributed by atoms with E-state index in [0.717, 1.165) is 25.4 Å². The molecule has 1 fully saturated rings. The summed E-state index contributed by atoms with van der Waals surface area (Å²) in [5.41, 5.74) is 7.56. The average Bonchev–Trinajstić information content (AvgIpc) is 3.20. The van der Waals surface area contributed by atoms with E-state index >= 15 is 0 Å². The van der Waals surface area contributed by atoms with Crippen molar-refractivity contribution in [2.45, 2.75) is 44.2 Å². The molecule has 1 aliphatic rings. The monoisotopic (exact) mass is 232 g/mol. The molecule has 0 aromatic heterocycles. The molecule has 0 amide bonds. The minimum absolute atomic E-state index is 0.150. The van der Waals surface area contributed by atoms with Gasteiger partial charge in [0, 0.05) is 18.1 Å². The molecular weight excluding hydrogens is 208 g/mol. The van der Waals surface area contributed by atoms with Gasteiger partial charge in [-0.2, -0.15) is 0 Å². The van der Waals surface area contributed by atoms with Gasteiger partial charge in [-0.25, -0.2) is 0 Å². The van der Waals surface area contributed by atoms with Gasteiger partial charge in [0.15, 0.2) is 0 Å². The van der Waals surface area contributed by atoms with Crippen molar-refractivity contribution in [3.05, 3.63) is 35.9 Å². The lowest BCUT2D eigenvalue weighted by Crippen LogP contribution is -2.51. The number of hydrogen-bond acceptors (Lipinski definition) is 2. The van der Waals surface area contributed by atoms with Crippen molar-refractivity contribution in [3.63, 3.8) is 0 Å². The third-order valence-corrected chi connectivity index (χ3v) is 4.18. The number of hydrogen-bond donors (Lipinski definition) is 1. The van der Waals surface area contributed by atoms with Crippen molar-refractivity contribution in [1.29, 1.82) is 0 Å². The maximum atomic E-state index is 6.00. The molecule has 2 nitrogen and oxygen atoms in total. The number of nitrogens with two attached hydrogens (primary N) is 1. The van der Waals surface area contributed by atoms with Crippen LogP contribution in [0.5, 0.6) is 0 Å². The van der Waals surface area contributed by atoms with Gasteiger partial charge < -0.3 is 5.73 Å².